The van der Waals surface area contributed by atoms with Crippen LogP contribution in [0.3, 0.4) is 0 Å². The molecular weight excluding hydrogens is 342 g/mol. The second kappa shape index (κ2) is 9.16. The minimum absolute atomic E-state index is 0.251. The lowest BCUT2D eigenvalue weighted by atomic mass is 10.1. The molecule has 0 saturated carbocycles. The molecule has 0 aliphatic carbocycles. The standard InChI is InChI=1S/C19H27N7O/c1-3-20-19(22-12-17-23-14-24-25(17)2)21-11-15-6-4-7-16(10-15)13-26-9-5-8-18(26)27/h4,6-7,10,14H,3,5,8-9,11-13H2,1-2H3,(H2,20,21,22). The van der Waals surface area contributed by atoms with Gasteiger partial charge in [0.2, 0.25) is 5.91 Å². The number of guanidine groups is 1. The van der Waals surface area contributed by atoms with Crippen molar-refractivity contribution in [3.05, 3.63) is 47.5 Å². The summed E-state index contributed by atoms with van der Waals surface area (Å²) in [5.41, 5.74) is 2.27. The molecule has 2 N–H and O–H groups in total. The molecule has 0 radical (unpaired) electrons. The number of aryl methyl sites for hydroxylation is 1. The topological polar surface area (TPSA) is 87.4 Å². The third-order valence-electron chi connectivity index (χ3n) is 4.52. The number of rotatable bonds is 7. The number of benzene rings is 1. The van der Waals surface area contributed by atoms with Gasteiger partial charge < -0.3 is 15.5 Å². The highest BCUT2D eigenvalue weighted by atomic mass is 16.2. The van der Waals surface area contributed by atoms with Crippen molar-refractivity contribution in [2.24, 2.45) is 12.0 Å². The first-order chi connectivity index (χ1) is 13.2. The molecule has 1 aromatic carbocycles. The Labute approximate surface area is 159 Å². The van der Waals surface area contributed by atoms with E-state index in [4.69, 9.17) is 0 Å². The molecule has 1 aromatic heterocycles. The van der Waals surface area contributed by atoms with Gasteiger partial charge in [-0.15, -0.1) is 0 Å². The normalized spacial score (nSPS) is 14.7. The lowest BCUT2D eigenvalue weighted by molar-refractivity contribution is -0.128. The zero-order chi connectivity index (χ0) is 19.1. The first-order valence-electron chi connectivity index (χ1n) is 9.36. The molecule has 1 fully saturated rings. The highest BCUT2D eigenvalue weighted by Crippen LogP contribution is 2.15. The number of nitrogens with one attached hydrogen (secondary N) is 2. The van der Waals surface area contributed by atoms with Crippen molar-refractivity contribution in [2.45, 2.75) is 39.4 Å². The molecule has 1 aliphatic heterocycles. The summed E-state index contributed by atoms with van der Waals surface area (Å²) >= 11 is 0. The zero-order valence-electron chi connectivity index (χ0n) is 16.0. The van der Waals surface area contributed by atoms with Crippen LogP contribution in [0.5, 0.6) is 0 Å². The molecule has 3 rings (SSSR count). The summed E-state index contributed by atoms with van der Waals surface area (Å²) in [5, 5.41) is 10.6. The van der Waals surface area contributed by atoms with E-state index in [1.165, 1.54) is 6.33 Å². The Bertz CT molecular complexity index is 799. The number of aliphatic imine (C=N–C) groups is 1. The van der Waals surface area contributed by atoms with Gasteiger partial charge in [-0.3, -0.25) is 9.48 Å². The summed E-state index contributed by atoms with van der Waals surface area (Å²) in [4.78, 5) is 22.6. The van der Waals surface area contributed by atoms with E-state index in [0.717, 1.165) is 42.4 Å². The van der Waals surface area contributed by atoms with Crippen LogP contribution < -0.4 is 10.6 Å². The summed E-state index contributed by atoms with van der Waals surface area (Å²) in [5.74, 6) is 1.83. The molecule has 1 saturated heterocycles. The molecule has 0 bridgehead atoms. The summed E-state index contributed by atoms with van der Waals surface area (Å²) in [6.07, 6.45) is 3.18. The van der Waals surface area contributed by atoms with Crippen molar-refractivity contribution >= 4 is 11.9 Å². The van der Waals surface area contributed by atoms with Gasteiger partial charge in [-0.05, 0) is 24.5 Å². The Morgan fingerprint density at radius 2 is 2.15 bits per heavy atom. The second-order valence-electron chi connectivity index (χ2n) is 6.59. The summed E-state index contributed by atoms with van der Waals surface area (Å²) < 4.78 is 1.74. The van der Waals surface area contributed by atoms with Gasteiger partial charge in [-0.2, -0.15) is 5.10 Å². The molecule has 27 heavy (non-hydrogen) atoms. The highest BCUT2D eigenvalue weighted by Gasteiger charge is 2.19. The van der Waals surface area contributed by atoms with E-state index < -0.39 is 0 Å². The summed E-state index contributed by atoms with van der Waals surface area (Å²) in [6.45, 7) is 5.48. The molecule has 144 valence electrons. The average Bonchev–Trinajstić information content (AvgIpc) is 3.26. The van der Waals surface area contributed by atoms with Gasteiger partial charge in [0.1, 0.15) is 12.2 Å². The van der Waals surface area contributed by atoms with E-state index in [-0.39, 0.29) is 5.91 Å². The van der Waals surface area contributed by atoms with Gasteiger partial charge >= 0.3 is 0 Å². The van der Waals surface area contributed by atoms with Crippen LogP contribution in [0.4, 0.5) is 0 Å². The quantitative estimate of drug-likeness (QED) is 0.566. The first-order valence-corrected chi connectivity index (χ1v) is 9.36. The SMILES string of the molecule is CCNC(=NCc1cccc(CN2CCCC2=O)c1)NCc1ncnn1C. The third kappa shape index (κ3) is 5.29. The number of likely N-dealkylation sites (tertiary alicyclic amines) is 1. The second-order valence-corrected chi connectivity index (χ2v) is 6.59. The molecule has 0 atom stereocenters. The summed E-state index contributed by atoms with van der Waals surface area (Å²) in [7, 11) is 1.87. The molecular formula is C19H27N7O. The van der Waals surface area contributed by atoms with Gasteiger partial charge in [0.05, 0.1) is 13.1 Å². The van der Waals surface area contributed by atoms with Gasteiger partial charge in [0.25, 0.3) is 0 Å². The van der Waals surface area contributed by atoms with Crippen molar-refractivity contribution in [3.8, 4) is 0 Å². The molecule has 1 amide bonds. The first kappa shape index (κ1) is 18.9. The van der Waals surface area contributed by atoms with E-state index in [9.17, 15) is 4.79 Å². The van der Waals surface area contributed by atoms with Crippen LogP contribution >= 0.6 is 0 Å². The maximum atomic E-state index is 11.8. The largest absolute Gasteiger partial charge is 0.357 e. The van der Waals surface area contributed by atoms with Crippen LogP contribution in [0.1, 0.15) is 36.7 Å². The molecule has 8 heteroatoms. The Kier molecular flexibility index (Phi) is 6.40. The van der Waals surface area contributed by atoms with Gasteiger partial charge in [-0.25, -0.2) is 9.98 Å². The molecule has 0 spiro atoms. The van der Waals surface area contributed by atoms with Crippen LogP contribution in [0, 0.1) is 0 Å². The lowest BCUT2D eigenvalue weighted by Crippen LogP contribution is -2.37. The Morgan fingerprint density at radius 3 is 2.85 bits per heavy atom. The van der Waals surface area contributed by atoms with Crippen molar-refractivity contribution in [2.75, 3.05) is 13.1 Å². The van der Waals surface area contributed by atoms with E-state index in [0.29, 0.717) is 26.1 Å². The number of aromatic nitrogens is 3. The fraction of sp³-hybridized carbons (Fsp3) is 0.474. The van der Waals surface area contributed by atoms with Crippen LogP contribution in [0.25, 0.3) is 0 Å². The Balaban J connectivity index is 1.60. The molecule has 2 heterocycles. The zero-order valence-corrected chi connectivity index (χ0v) is 16.0. The highest BCUT2D eigenvalue weighted by molar-refractivity contribution is 5.79. The fourth-order valence-electron chi connectivity index (χ4n) is 3.07. The number of hydrogen-bond acceptors (Lipinski definition) is 4. The van der Waals surface area contributed by atoms with Crippen molar-refractivity contribution < 1.29 is 4.79 Å². The fourth-order valence-corrected chi connectivity index (χ4v) is 3.07. The predicted octanol–water partition coefficient (Wildman–Crippen LogP) is 1.19. The van der Waals surface area contributed by atoms with Crippen LogP contribution in [-0.2, 0) is 31.5 Å². The molecule has 8 nitrogen and oxygen atoms in total. The number of carbonyl (C=O) groups is 1. The predicted molar refractivity (Wildman–Crippen MR) is 104 cm³/mol. The van der Waals surface area contributed by atoms with Crippen LogP contribution in [0.2, 0.25) is 0 Å². The van der Waals surface area contributed by atoms with Crippen LogP contribution in [-0.4, -0.2) is 44.6 Å². The minimum Gasteiger partial charge on any atom is -0.357 e. The molecule has 0 unspecified atom stereocenters. The minimum atomic E-state index is 0.251. The molecule has 2 aromatic rings. The average molecular weight is 369 g/mol. The number of nitrogens with zero attached hydrogens (tertiary/aromatic N) is 5. The van der Waals surface area contributed by atoms with Gasteiger partial charge in [0.15, 0.2) is 5.96 Å². The number of amides is 1. The van der Waals surface area contributed by atoms with Crippen molar-refractivity contribution in [1.82, 2.24) is 30.3 Å². The smallest absolute Gasteiger partial charge is 0.222 e. The van der Waals surface area contributed by atoms with E-state index in [2.05, 4.69) is 43.9 Å². The Hall–Kier alpha value is -2.90. The van der Waals surface area contributed by atoms with Gasteiger partial charge in [-0.1, -0.05) is 24.3 Å². The Morgan fingerprint density at radius 1 is 1.30 bits per heavy atom. The maximum absolute atomic E-state index is 11.8. The monoisotopic (exact) mass is 369 g/mol. The van der Waals surface area contributed by atoms with E-state index in [1.54, 1.807) is 4.68 Å². The molecule has 1 aliphatic rings. The van der Waals surface area contributed by atoms with E-state index in [1.807, 2.05) is 24.9 Å². The van der Waals surface area contributed by atoms with Crippen molar-refractivity contribution in [3.63, 3.8) is 0 Å². The van der Waals surface area contributed by atoms with Crippen molar-refractivity contribution in [1.29, 1.82) is 0 Å². The lowest BCUT2D eigenvalue weighted by Gasteiger charge is -2.16. The van der Waals surface area contributed by atoms with Crippen LogP contribution in [0.15, 0.2) is 35.6 Å². The van der Waals surface area contributed by atoms with Gasteiger partial charge in [0, 0.05) is 33.1 Å². The number of carbonyl (C=O) groups excluding carboxylic acids is 1. The number of hydrogen-bond donors (Lipinski definition) is 2. The maximum Gasteiger partial charge on any atom is 0.222 e. The third-order valence-corrected chi connectivity index (χ3v) is 4.52. The van der Waals surface area contributed by atoms with E-state index >= 15 is 0 Å². The summed E-state index contributed by atoms with van der Waals surface area (Å²) in [6, 6.07) is 8.28.